The lowest BCUT2D eigenvalue weighted by molar-refractivity contribution is -0.133. The molecule has 8 atom stereocenters. The van der Waals surface area contributed by atoms with Gasteiger partial charge in [0.2, 0.25) is 0 Å². The second-order valence-corrected chi connectivity index (χ2v) is 12.7. The van der Waals surface area contributed by atoms with Gasteiger partial charge in [-0.25, -0.2) is 0 Å². The van der Waals surface area contributed by atoms with Crippen LogP contribution < -0.4 is 0 Å². The summed E-state index contributed by atoms with van der Waals surface area (Å²) in [5.41, 5.74) is 1.85. The Morgan fingerprint density at radius 2 is 1.85 bits per heavy atom. The molecule has 0 unspecified atom stereocenters. The van der Waals surface area contributed by atoms with Gasteiger partial charge in [0, 0.05) is 17.0 Å². The largest absolute Gasteiger partial charge is 0.390 e. The van der Waals surface area contributed by atoms with Crippen LogP contribution >= 0.6 is 0 Å². The molecule has 0 amide bonds. The minimum absolute atomic E-state index is 0.157. The van der Waals surface area contributed by atoms with E-state index in [2.05, 4.69) is 26.8 Å². The number of fused-ring (bicyclic) bond motifs is 6. The van der Waals surface area contributed by atoms with E-state index >= 15 is 0 Å². The lowest BCUT2D eigenvalue weighted by atomic mass is 9.48. The number of rotatable bonds is 4. The Hall–Kier alpha value is -1.68. The van der Waals surface area contributed by atoms with Gasteiger partial charge in [-0.3, -0.25) is 9.48 Å². The molecule has 4 nitrogen and oxygen atoms in total. The predicted molar refractivity (Wildman–Crippen MR) is 135 cm³/mol. The van der Waals surface area contributed by atoms with E-state index in [9.17, 15) is 9.90 Å². The summed E-state index contributed by atoms with van der Waals surface area (Å²) in [6, 6.07) is 8.22. The maximum atomic E-state index is 13.7. The first-order valence-corrected chi connectivity index (χ1v) is 14.0. The van der Waals surface area contributed by atoms with E-state index in [-0.39, 0.29) is 11.3 Å². The molecule has 6 rings (SSSR count). The summed E-state index contributed by atoms with van der Waals surface area (Å²) in [7, 11) is 0. The van der Waals surface area contributed by atoms with E-state index in [0.717, 1.165) is 66.0 Å². The summed E-state index contributed by atoms with van der Waals surface area (Å²) >= 11 is 0. The number of Topliss-reactive ketones (excluding diaryl/α,β-unsaturated/α-hetero) is 1. The van der Waals surface area contributed by atoms with Gasteiger partial charge in [0.15, 0.2) is 5.78 Å². The van der Waals surface area contributed by atoms with Gasteiger partial charge < -0.3 is 5.11 Å². The Kier molecular flexibility index (Phi) is 5.48. The van der Waals surface area contributed by atoms with E-state index in [0.29, 0.717) is 18.2 Å². The molecule has 2 aromatic rings. The highest BCUT2D eigenvalue weighted by Gasteiger charge is 2.58. The van der Waals surface area contributed by atoms with Crippen molar-refractivity contribution in [3.8, 4) is 0 Å². The van der Waals surface area contributed by atoms with Crippen LogP contribution in [0.3, 0.4) is 0 Å². The quantitative estimate of drug-likeness (QED) is 0.578. The fraction of sp³-hybridized carbons (Fsp3) is 0.733. The lowest BCUT2D eigenvalue weighted by Crippen LogP contribution is -2.51. The number of carbonyl (C=O) groups is 1. The van der Waals surface area contributed by atoms with E-state index in [1.54, 1.807) is 0 Å². The standard InChI is InChI=1S/C30H42N2O2/c1-4-30(34)16-14-22-20(17-30)9-10-24-23(22)13-15-29(3)25(24)11-12-26(29)28(33)18-32-19(2)21-7-5-6-8-27(21)31-32/h5-8,20,22-26,34H,4,9-18H2,1-3H3/t20-,22+,23-,24-,25+,26-,29+,30-/m1/s1. The molecule has 0 aliphatic heterocycles. The fourth-order valence-electron chi connectivity index (χ4n) is 9.44. The zero-order valence-electron chi connectivity index (χ0n) is 21.3. The number of nitrogens with zero attached hydrogens (tertiary/aromatic N) is 2. The molecule has 0 saturated heterocycles. The topological polar surface area (TPSA) is 55.1 Å². The zero-order valence-corrected chi connectivity index (χ0v) is 21.3. The molecule has 0 spiro atoms. The highest BCUT2D eigenvalue weighted by Crippen LogP contribution is 2.64. The molecule has 1 aromatic heterocycles. The summed E-state index contributed by atoms with van der Waals surface area (Å²) in [4.78, 5) is 13.7. The molecule has 0 radical (unpaired) electrons. The number of aromatic nitrogens is 2. The molecule has 4 aliphatic carbocycles. The van der Waals surface area contributed by atoms with Crippen LogP contribution in [0.4, 0.5) is 0 Å². The monoisotopic (exact) mass is 462 g/mol. The highest BCUT2D eigenvalue weighted by atomic mass is 16.3. The number of hydrogen-bond donors (Lipinski definition) is 1. The molecule has 184 valence electrons. The first-order valence-electron chi connectivity index (χ1n) is 14.0. The molecule has 1 heterocycles. The fourth-order valence-corrected chi connectivity index (χ4v) is 9.44. The second-order valence-electron chi connectivity index (χ2n) is 12.7. The van der Waals surface area contributed by atoms with Gasteiger partial charge in [0.05, 0.1) is 11.1 Å². The molecule has 4 fully saturated rings. The summed E-state index contributed by atoms with van der Waals surface area (Å²) < 4.78 is 1.96. The third-order valence-corrected chi connectivity index (χ3v) is 11.4. The van der Waals surface area contributed by atoms with Gasteiger partial charge in [-0.1, -0.05) is 32.0 Å². The van der Waals surface area contributed by atoms with Crippen LogP contribution in [0.1, 0.15) is 83.7 Å². The normalized spacial score (nSPS) is 41.6. The van der Waals surface area contributed by atoms with Crippen LogP contribution in [0, 0.1) is 47.8 Å². The van der Waals surface area contributed by atoms with Crippen LogP contribution in [0.5, 0.6) is 0 Å². The second kappa shape index (κ2) is 8.18. The third kappa shape index (κ3) is 3.42. The smallest absolute Gasteiger partial charge is 0.157 e. The third-order valence-electron chi connectivity index (χ3n) is 11.4. The van der Waals surface area contributed by atoms with Gasteiger partial charge in [-0.2, -0.15) is 5.10 Å². The highest BCUT2D eigenvalue weighted by molar-refractivity contribution is 5.84. The summed E-state index contributed by atoms with van der Waals surface area (Å²) in [5, 5.41) is 16.9. The Bertz CT molecular complexity index is 1090. The van der Waals surface area contributed by atoms with Gasteiger partial charge in [-0.15, -0.1) is 0 Å². The van der Waals surface area contributed by atoms with Crippen LogP contribution in [0.25, 0.3) is 10.9 Å². The van der Waals surface area contributed by atoms with Crippen molar-refractivity contribution in [3.63, 3.8) is 0 Å². The first kappa shape index (κ1) is 22.8. The van der Waals surface area contributed by atoms with Crippen molar-refractivity contribution in [3.05, 3.63) is 30.0 Å². The maximum Gasteiger partial charge on any atom is 0.157 e. The minimum atomic E-state index is -0.405. The van der Waals surface area contributed by atoms with Crippen LogP contribution in [0.15, 0.2) is 24.3 Å². The molecular formula is C30H42N2O2. The number of benzene rings is 1. The molecule has 4 saturated carbocycles. The summed E-state index contributed by atoms with van der Waals surface area (Å²) in [6.07, 6.45) is 11.5. The Labute approximate surface area is 204 Å². The van der Waals surface area contributed by atoms with Crippen LogP contribution in [0.2, 0.25) is 0 Å². The zero-order chi connectivity index (χ0) is 23.7. The average molecular weight is 463 g/mol. The minimum Gasteiger partial charge on any atom is -0.390 e. The SMILES string of the molecule is CC[C@@]1(O)CC[C@H]2[C@H](CC[C@@H]3[C@@H]2CC[C@]2(C)[C@@H](C(=O)Cn4nc5ccccc5c4C)CC[C@@H]32)C1. The Balaban J connectivity index is 1.19. The van der Waals surface area contributed by atoms with Crippen LogP contribution in [-0.2, 0) is 11.3 Å². The molecule has 1 aromatic carbocycles. The number of hydrogen-bond acceptors (Lipinski definition) is 3. The molecule has 1 N–H and O–H groups in total. The van der Waals surface area contributed by atoms with Gasteiger partial charge in [-0.05, 0) is 112 Å². The number of ketones is 1. The average Bonchev–Trinajstić information content (AvgIpc) is 3.35. The van der Waals surface area contributed by atoms with Crippen molar-refractivity contribution in [2.75, 3.05) is 0 Å². The van der Waals surface area contributed by atoms with E-state index in [1.165, 1.54) is 38.5 Å². The number of aliphatic hydroxyl groups is 1. The molecule has 4 aliphatic rings. The van der Waals surface area contributed by atoms with E-state index < -0.39 is 5.60 Å². The van der Waals surface area contributed by atoms with Crippen molar-refractivity contribution in [2.45, 2.75) is 97.1 Å². The predicted octanol–water partition coefficient (Wildman–Crippen LogP) is 6.32. The first-order chi connectivity index (χ1) is 16.3. The summed E-state index contributed by atoms with van der Waals surface area (Å²) in [5.74, 6) is 4.43. The molecule has 4 heteroatoms. The van der Waals surface area contributed by atoms with Crippen molar-refractivity contribution < 1.29 is 9.90 Å². The van der Waals surface area contributed by atoms with Gasteiger partial charge in [0.25, 0.3) is 0 Å². The molecule has 0 bridgehead atoms. The van der Waals surface area contributed by atoms with Crippen LogP contribution in [-0.4, -0.2) is 26.3 Å². The lowest BCUT2D eigenvalue weighted by Gasteiger charge is -2.57. The van der Waals surface area contributed by atoms with Crippen molar-refractivity contribution >= 4 is 16.7 Å². The molecular weight excluding hydrogens is 420 g/mol. The number of aryl methyl sites for hydroxylation is 1. The van der Waals surface area contributed by atoms with Gasteiger partial charge in [0.1, 0.15) is 6.54 Å². The molecule has 34 heavy (non-hydrogen) atoms. The van der Waals surface area contributed by atoms with E-state index in [4.69, 9.17) is 5.10 Å². The van der Waals surface area contributed by atoms with Gasteiger partial charge >= 0.3 is 0 Å². The van der Waals surface area contributed by atoms with Crippen molar-refractivity contribution in [1.29, 1.82) is 0 Å². The summed E-state index contributed by atoms with van der Waals surface area (Å²) in [6.45, 7) is 7.12. The Morgan fingerprint density at radius 3 is 2.65 bits per heavy atom. The van der Waals surface area contributed by atoms with Crippen molar-refractivity contribution in [1.82, 2.24) is 9.78 Å². The Morgan fingerprint density at radius 1 is 1.06 bits per heavy atom. The maximum absolute atomic E-state index is 13.7. The van der Waals surface area contributed by atoms with Crippen molar-refractivity contribution in [2.24, 2.45) is 40.9 Å². The number of carbonyl (C=O) groups excluding carboxylic acids is 1. The van der Waals surface area contributed by atoms with E-state index in [1.807, 2.05) is 22.9 Å².